The fraction of sp³-hybridized carbons (Fsp3) is 0.357. The fourth-order valence-electron chi connectivity index (χ4n) is 2.47. The lowest BCUT2D eigenvalue weighted by molar-refractivity contribution is 0.0937. The standard InChI is InChI=1S/C14H16N2OS2/c1-8-10(15)7-13(19-8)14(17)16-11-3-2-4-12-9(11)5-6-18-12/h5-7,11H,2-4,15H2,1H3,(H,16,17). The van der Waals surface area contributed by atoms with E-state index in [0.717, 1.165) is 24.1 Å². The Kier molecular flexibility index (Phi) is 3.33. The molecule has 0 saturated carbocycles. The maximum absolute atomic E-state index is 12.3. The van der Waals surface area contributed by atoms with Crippen molar-refractivity contribution in [1.82, 2.24) is 5.32 Å². The van der Waals surface area contributed by atoms with Crippen LogP contribution in [0.2, 0.25) is 0 Å². The van der Waals surface area contributed by atoms with Gasteiger partial charge in [0, 0.05) is 15.4 Å². The summed E-state index contributed by atoms with van der Waals surface area (Å²) in [5, 5.41) is 5.25. The molecule has 19 heavy (non-hydrogen) atoms. The van der Waals surface area contributed by atoms with Gasteiger partial charge in [0.2, 0.25) is 0 Å². The highest BCUT2D eigenvalue weighted by atomic mass is 32.1. The highest BCUT2D eigenvalue weighted by Crippen LogP contribution is 2.34. The van der Waals surface area contributed by atoms with E-state index in [9.17, 15) is 4.79 Å². The van der Waals surface area contributed by atoms with Crippen molar-refractivity contribution in [1.29, 1.82) is 0 Å². The van der Waals surface area contributed by atoms with E-state index in [2.05, 4.69) is 16.8 Å². The van der Waals surface area contributed by atoms with Crippen molar-refractivity contribution in [3.63, 3.8) is 0 Å². The Morgan fingerprint density at radius 2 is 2.37 bits per heavy atom. The van der Waals surface area contributed by atoms with Gasteiger partial charge in [-0.2, -0.15) is 0 Å². The second kappa shape index (κ2) is 4.98. The number of anilines is 1. The molecule has 1 atom stereocenters. The molecule has 0 fully saturated rings. The molecule has 1 unspecified atom stereocenters. The predicted molar refractivity (Wildman–Crippen MR) is 80.9 cm³/mol. The Morgan fingerprint density at radius 3 is 3.11 bits per heavy atom. The molecule has 0 bridgehead atoms. The molecule has 0 radical (unpaired) electrons. The maximum Gasteiger partial charge on any atom is 0.261 e. The van der Waals surface area contributed by atoms with Crippen molar-refractivity contribution in [2.24, 2.45) is 0 Å². The van der Waals surface area contributed by atoms with Crippen molar-refractivity contribution in [3.8, 4) is 0 Å². The van der Waals surface area contributed by atoms with Crippen LogP contribution in [0.3, 0.4) is 0 Å². The summed E-state index contributed by atoms with van der Waals surface area (Å²) in [6.07, 6.45) is 3.31. The first-order valence-corrected chi connectivity index (χ1v) is 8.08. The lowest BCUT2D eigenvalue weighted by Crippen LogP contribution is -2.29. The molecule has 100 valence electrons. The Morgan fingerprint density at radius 1 is 1.53 bits per heavy atom. The summed E-state index contributed by atoms with van der Waals surface area (Å²) in [6.45, 7) is 1.94. The topological polar surface area (TPSA) is 55.1 Å². The average molecular weight is 292 g/mol. The van der Waals surface area contributed by atoms with Gasteiger partial charge in [0.15, 0.2) is 0 Å². The smallest absolute Gasteiger partial charge is 0.261 e. The average Bonchev–Trinajstić information content (AvgIpc) is 2.98. The van der Waals surface area contributed by atoms with Gasteiger partial charge in [-0.1, -0.05) is 0 Å². The van der Waals surface area contributed by atoms with E-state index in [0.29, 0.717) is 10.6 Å². The summed E-state index contributed by atoms with van der Waals surface area (Å²) in [5.74, 6) is -0.00569. The number of carbonyl (C=O) groups excluding carboxylic acids is 1. The molecule has 3 nitrogen and oxygen atoms in total. The van der Waals surface area contributed by atoms with Gasteiger partial charge in [0.05, 0.1) is 10.9 Å². The molecular weight excluding hydrogens is 276 g/mol. The van der Waals surface area contributed by atoms with Crippen LogP contribution < -0.4 is 11.1 Å². The number of fused-ring (bicyclic) bond motifs is 1. The summed E-state index contributed by atoms with van der Waals surface area (Å²) in [7, 11) is 0. The second-order valence-electron chi connectivity index (χ2n) is 4.84. The van der Waals surface area contributed by atoms with Gasteiger partial charge < -0.3 is 11.1 Å². The molecule has 0 saturated heterocycles. The summed E-state index contributed by atoms with van der Waals surface area (Å²) in [5.41, 5.74) is 7.80. The van der Waals surface area contributed by atoms with Crippen LogP contribution >= 0.6 is 22.7 Å². The lowest BCUT2D eigenvalue weighted by Gasteiger charge is -2.23. The fourth-order valence-corrected chi connectivity index (χ4v) is 4.31. The molecule has 1 aliphatic rings. The van der Waals surface area contributed by atoms with Crippen LogP contribution in [-0.4, -0.2) is 5.91 Å². The van der Waals surface area contributed by atoms with Crippen molar-refractivity contribution in [3.05, 3.63) is 37.7 Å². The first kappa shape index (κ1) is 12.7. The van der Waals surface area contributed by atoms with Crippen molar-refractivity contribution < 1.29 is 4.79 Å². The Labute approximate surface area is 120 Å². The molecule has 2 heterocycles. The number of aryl methyl sites for hydroxylation is 2. The zero-order chi connectivity index (χ0) is 13.4. The van der Waals surface area contributed by atoms with Crippen LogP contribution in [0.15, 0.2) is 17.5 Å². The Bertz CT molecular complexity index is 595. The number of hydrogen-bond acceptors (Lipinski definition) is 4. The largest absolute Gasteiger partial charge is 0.398 e. The van der Waals surface area contributed by atoms with Crippen LogP contribution in [0.1, 0.15) is 43.9 Å². The van der Waals surface area contributed by atoms with Gasteiger partial charge >= 0.3 is 0 Å². The molecule has 2 aromatic heterocycles. The third kappa shape index (κ3) is 2.40. The number of carbonyl (C=O) groups is 1. The number of thiophene rings is 2. The molecule has 0 aliphatic heterocycles. The first-order valence-electron chi connectivity index (χ1n) is 6.38. The number of amides is 1. The van der Waals surface area contributed by atoms with E-state index < -0.39 is 0 Å². The van der Waals surface area contributed by atoms with Crippen LogP contribution in [-0.2, 0) is 6.42 Å². The van der Waals surface area contributed by atoms with Crippen LogP contribution in [0.5, 0.6) is 0 Å². The minimum Gasteiger partial charge on any atom is -0.398 e. The number of hydrogen-bond donors (Lipinski definition) is 2. The maximum atomic E-state index is 12.3. The molecule has 1 amide bonds. The predicted octanol–water partition coefficient (Wildman–Crippen LogP) is 3.51. The SMILES string of the molecule is Cc1sc(C(=O)NC2CCCc3sccc32)cc1N. The second-order valence-corrected chi connectivity index (χ2v) is 7.10. The normalized spacial score (nSPS) is 18.1. The number of nitrogen functional groups attached to an aromatic ring is 1. The van der Waals surface area contributed by atoms with Crippen LogP contribution in [0.25, 0.3) is 0 Å². The molecule has 1 aliphatic carbocycles. The van der Waals surface area contributed by atoms with Crippen LogP contribution in [0, 0.1) is 6.92 Å². The van der Waals surface area contributed by atoms with Crippen LogP contribution in [0.4, 0.5) is 5.69 Å². The van der Waals surface area contributed by atoms with Gasteiger partial charge in [0.25, 0.3) is 5.91 Å². The monoisotopic (exact) mass is 292 g/mol. The number of rotatable bonds is 2. The van der Waals surface area contributed by atoms with E-state index in [1.165, 1.54) is 21.8 Å². The zero-order valence-corrected chi connectivity index (χ0v) is 12.4. The van der Waals surface area contributed by atoms with E-state index in [4.69, 9.17) is 5.73 Å². The minimum absolute atomic E-state index is 0.00569. The minimum atomic E-state index is -0.00569. The molecule has 0 aromatic carbocycles. The highest BCUT2D eigenvalue weighted by Gasteiger charge is 2.23. The van der Waals surface area contributed by atoms with Crippen molar-refractivity contribution >= 4 is 34.3 Å². The van der Waals surface area contributed by atoms with Crippen molar-refractivity contribution in [2.75, 3.05) is 5.73 Å². The van der Waals surface area contributed by atoms with E-state index in [-0.39, 0.29) is 11.9 Å². The first-order chi connectivity index (χ1) is 9.15. The zero-order valence-electron chi connectivity index (χ0n) is 10.7. The van der Waals surface area contributed by atoms with Crippen molar-refractivity contribution in [2.45, 2.75) is 32.2 Å². The van der Waals surface area contributed by atoms with E-state index in [1.807, 2.05) is 6.92 Å². The van der Waals surface area contributed by atoms with Gasteiger partial charge in [-0.15, -0.1) is 22.7 Å². The summed E-state index contributed by atoms with van der Waals surface area (Å²) >= 11 is 3.25. The number of nitrogens with two attached hydrogens (primary N) is 1. The highest BCUT2D eigenvalue weighted by molar-refractivity contribution is 7.14. The summed E-state index contributed by atoms with van der Waals surface area (Å²) in [4.78, 5) is 15.4. The van der Waals surface area contributed by atoms with Gasteiger partial charge in [0.1, 0.15) is 0 Å². The summed E-state index contributed by atoms with van der Waals surface area (Å²) in [6, 6.07) is 4.07. The third-order valence-corrected chi connectivity index (χ3v) is 5.60. The van der Waals surface area contributed by atoms with Gasteiger partial charge in [-0.25, -0.2) is 0 Å². The lowest BCUT2D eigenvalue weighted by atomic mass is 9.94. The molecule has 0 spiro atoms. The van der Waals surface area contributed by atoms with Gasteiger partial charge in [-0.3, -0.25) is 4.79 Å². The third-order valence-electron chi connectivity index (χ3n) is 3.54. The summed E-state index contributed by atoms with van der Waals surface area (Å²) < 4.78 is 0. The quantitative estimate of drug-likeness (QED) is 0.890. The van der Waals surface area contributed by atoms with E-state index >= 15 is 0 Å². The number of nitrogens with one attached hydrogen (secondary N) is 1. The molecule has 2 aromatic rings. The molecule has 3 rings (SSSR count). The van der Waals surface area contributed by atoms with Gasteiger partial charge in [-0.05, 0) is 49.3 Å². The Hall–Kier alpha value is -1.33. The molecular formula is C14H16N2OS2. The Balaban J connectivity index is 1.78. The molecule has 5 heteroatoms. The van der Waals surface area contributed by atoms with E-state index in [1.54, 1.807) is 17.4 Å². The molecule has 3 N–H and O–H groups in total.